The average Bonchev–Trinajstić information content (AvgIpc) is 2.91. The maximum absolute atomic E-state index is 13.8. The van der Waals surface area contributed by atoms with Crippen LogP contribution in [0.3, 0.4) is 0 Å². The number of amides is 2. The molecule has 0 spiro atoms. The van der Waals surface area contributed by atoms with E-state index in [2.05, 4.69) is 5.32 Å². The summed E-state index contributed by atoms with van der Waals surface area (Å²) in [5.41, 5.74) is 2.17. The van der Waals surface area contributed by atoms with E-state index in [4.69, 9.17) is 11.6 Å². The summed E-state index contributed by atoms with van der Waals surface area (Å²) >= 11 is 6.03. The Bertz CT molecular complexity index is 1330. The Labute approximate surface area is 230 Å². The average molecular weight is 556 g/mol. The lowest BCUT2D eigenvalue weighted by molar-refractivity contribution is -0.139. The monoisotopic (exact) mass is 555 g/mol. The maximum atomic E-state index is 13.8. The van der Waals surface area contributed by atoms with Gasteiger partial charge in [-0.05, 0) is 74.7 Å². The van der Waals surface area contributed by atoms with E-state index in [0.29, 0.717) is 10.7 Å². The van der Waals surface area contributed by atoms with Gasteiger partial charge in [0.25, 0.3) is 10.0 Å². The Hall–Kier alpha value is -3.36. The van der Waals surface area contributed by atoms with Crippen molar-refractivity contribution in [2.45, 2.75) is 57.6 Å². The van der Waals surface area contributed by atoms with Crippen LogP contribution in [0, 0.1) is 0 Å². The van der Waals surface area contributed by atoms with Crippen molar-refractivity contribution < 1.29 is 18.0 Å². The molecule has 0 saturated heterocycles. The van der Waals surface area contributed by atoms with Gasteiger partial charge in [-0.2, -0.15) is 0 Å². The van der Waals surface area contributed by atoms with Crippen LogP contribution in [0.25, 0.3) is 0 Å². The molecule has 7 nitrogen and oxygen atoms in total. The third-order valence-corrected chi connectivity index (χ3v) is 8.15. The number of anilines is 1. The number of aryl methyl sites for hydroxylation is 1. The maximum Gasteiger partial charge on any atom is 0.264 e. The van der Waals surface area contributed by atoms with Crippen LogP contribution in [0.5, 0.6) is 0 Å². The summed E-state index contributed by atoms with van der Waals surface area (Å²) in [7, 11) is -4.08. The second-order valence-corrected chi connectivity index (χ2v) is 11.6. The quantitative estimate of drug-likeness (QED) is 0.359. The van der Waals surface area contributed by atoms with E-state index in [1.54, 1.807) is 61.5 Å². The second-order valence-electron chi connectivity index (χ2n) is 9.33. The zero-order chi connectivity index (χ0) is 27.9. The number of nitrogens with zero attached hydrogens (tertiary/aromatic N) is 2. The molecular formula is C29H34ClN3O4S. The largest absolute Gasteiger partial charge is 0.352 e. The molecule has 0 saturated carbocycles. The molecule has 0 heterocycles. The summed E-state index contributed by atoms with van der Waals surface area (Å²) < 4.78 is 28.6. The summed E-state index contributed by atoms with van der Waals surface area (Å²) in [5.74, 6) is -0.836. The van der Waals surface area contributed by atoms with Crippen molar-refractivity contribution in [2.75, 3.05) is 10.8 Å². The van der Waals surface area contributed by atoms with Crippen LogP contribution in [-0.2, 0) is 32.6 Å². The lowest BCUT2D eigenvalue weighted by atomic mass is 10.1. The number of hydrogen-bond acceptors (Lipinski definition) is 4. The first-order valence-corrected chi connectivity index (χ1v) is 14.4. The fourth-order valence-electron chi connectivity index (χ4n) is 3.92. The minimum atomic E-state index is -4.08. The van der Waals surface area contributed by atoms with Crippen molar-refractivity contribution in [3.8, 4) is 0 Å². The summed E-state index contributed by atoms with van der Waals surface area (Å²) in [4.78, 5) is 28.2. The van der Waals surface area contributed by atoms with Crippen molar-refractivity contribution in [3.05, 3.63) is 95.0 Å². The SMILES string of the molecule is CCc1ccc(N(CC(=O)N(Cc2ccc(Cl)cc2)C(C)C(=O)NC(C)C)S(=O)(=O)c2ccccc2)cc1. The molecule has 0 aromatic heterocycles. The van der Waals surface area contributed by atoms with Gasteiger partial charge in [-0.25, -0.2) is 8.42 Å². The Morgan fingerprint density at radius 2 is 1.45 bits per heavy atom. The van der Waals surface area contributed by atoms with Gasteiger partial charge in [-0.15, -0.1) is 0 Å². The van der Waals surface area contributed by atoms with Gasteiger partial charge in [-0.3, -0.25) is 13.9 Å². The summed E-state index contributed by atoms with van der Waals surface area (Å²) in [5, 5.41) is 3.39. The Balaban J connectivity index is 2.01. The number of sulfonamides is 1. The van der Waals surface area contributed by atoms with Crippen LogP contribution < -0.4 is 9.62 Å². The van der Waals surface area contributed by atoms with Crippen LogP contribution in [0.1, 0.15) is 38.8 Å². The molecule has 0 aliphatic heterocycles. The minimum absolute atomic E-state index is 0.0715. The third kappa shape index (κ3) is 7.36. The molecule has 1 atom stereocenters. The van der Waals surface area contributed by atoms with Crippen molar-refractivity contribution in [2.24, 2.45) is 0 Å². The molecule has 9 heteroatoms. The van der Waals surface area contributed by atoms with E-state index >= 15 is 0 Å². The standard InChI is InChI=1S/C29H34ClN3O4S/c1-5-23-13-17-26(18-14-23)33(38(36,37)27-9-7-6-8-10-27)20-28(34)32(22(4)29(35)31-21(2)3)19-24-11-15-25(30)16-12-24/h6-18,21-22H,5,19-20H2,1-4H3,(H,31,35). The van der Waals surface area contributed by atoms with Crippen LogP contribution in [0.4, 0.5) is 5.69 Å². The Morgan fingerprint density at radius 1 is 0.868 bits per heavy atom. The molecule has 0 aliphatic carbocycles. The van der Waals surface area contributed by atoms with Crippen LogP contribution in [0.15, 0.2) is 83.8 Å². The number of hydrogen-bond donors (Lipinski definition) is 1. The molecular weight excluding hydrogens is 522 g/mol. The zero-order valence-corrected chi connectivity index (χ0v) is 23.7. The Morgan fingerprint density at radius 3 is 2.00 bits per heavy atom. The zero-order valence-electron chi connectivity index (χ0n) is 22.1. The van der Waals surface area contributed by atoms with E-state index in [-0.39, 0.29) is 23.4 Å². The molecule has 0 aliphatic rings. The third-order valence-electron chi connectivity index (χ3n) is 6.11. The fraction of sp³-hybridized carbons (Fsp3) is 0.310. The molecule has 3 aromatic rings. The van der Waals surface area contributed by atoms with E-state index in [1.807, 2.05) is 32.9 Å². The van der Waals surface area contributed by atoms with Gasteiger partial charge in [0, 0.05) is 17.6 Å². The highest BCUT2D eigenvalue weighted by molar-refractivity contribution is 7.92. The highest BCUT2D eigenvalue weighted by Crippen LogP contribution is 2.25. The molecule has 0 bridgehead atoms. The smallest absolute Gasteiger partial charge is 0.264 e. The Kier molecular flexibility index (Phi) is 9.94. The minimum Gasteiger partial charge on any atom is -0.352 e. The van der Waals surface area contributed by atoms with E-state index < -0.39 is 28.5 Å². The van der Waals surface area contributed by atoms with E-state index in [0.717, 1.165) is 21.9 Å². The number of halogens is 1. The predicted molar refractivity (Wildman–Crippen MR) is 152 cm³/mol. The first kappa shape index (κ1) is 29.2. The summed E-state index contributed by atoms with van der Waals surface area (Å²) in [6, 6.07) is 21.1. The van der Waals surface area contributed by atoms with E-state index in [9.17, 15) is 18.0 Å². The number of rotatable bonds is 11. The first-order valence-electron chi connectivity index (χ1n) is 12.5. The molecule has 3 rings (SSSR count). The normalized spacial score (nSPS) is 12.2. The molecule has 1 N–H and O–H groups in total. The molecule has 202 valence electrons. The van der Waals surface area contributed by atoms with Crippen molar-refractivity contribution in [3.63, 3.8) is 0 Å². The number of nitrogens with one attached hydrogen (secondary N) is 1. The van der Waals surface area contributed by atoms with Gasteiger partial charge in [-0.1, -0.05) is 61.0 Å². The van der Waals surface area contributed by atoms with Gasteiger partial charge < -0.3 is 10.2 Å². The van der Waals surface area contributed by atoms with E-state index in [1.165, 1.54) is 17.0 Å². The van der Waals surface area contributed by atoms with Crippen LogP contribution >= 0.6 is 11.6 Å². The van der Waals surface area contributed by atoms with Crippen molar-refractivity contribution in [1.29, 1.82) is 0 Å². The molecule has 2 amide bonds. The van der Waals surface area contributed by atoms with Gasteiger partial charge in [0.2, 0.25) is 11.8 Å². The van der Waals surface area contributed by atoms with Gasteiger partial charge in [0.05, 0.1) is 10.6 Å². The summed E-state index contributed by atoms with van der Waals surface area (Å²) in [6.07, 6.45) is 0.794. The molecule has 1 unspecified atom stereocenters. The highest BCUT2D eigenvalue weighted by atomic mass is 35.5. The highest BCUT2D eigenvalue weighted by Gasteiger charge is 2.32. The van der Waals surface area contributed by atoms with Gasteiger partial charge >= 0.3 is 0 Å². The van der Waals surface area contributed by atoms with Crippen LogP contribution in [0.2, 0.25) is 5.02 Å². The molecule has 0 fully saturated rings. The fourth-order valence-corrected chi connectivity index (χ4v) is 5.48. The summed E-state index contributed by atoms with van der Waals surface area (Å²) in [6.45, 7) is 6.95. The molecule has 3 aromatic carbocycles. The van der Waals surface area contributed by atoms with Crippen molar-refractivity contribution >= 4 is 39.1 Å². The topological polar surface area (TPSA) is 86.8 Å². The van der Waals surface area contributed by atoms with Crippen molar-refractivity contribution in [1.82, 2.24) is 10.2 Å². The number of benzene rings is 3. The predicted octanol–water partition coefficient (Wildman–Crippen LogP) is 5.04. The lowest BCUT2D eigenvalue weighted by Crippen LogP contribution is -2.52. The second kappa shape index (κ2) is 12.9. The first-order chi connectivity index (χ1) is 18.0. The van der Waals surface area contributed by atoms with Gasteiger partial charge in [0.15, 0.2) is 0 Å². The lowest BCUT2D eigenvalue weighted by Gasteiger charge is -2.32. The molecule has 0 radical (unpaired) electrons. The van der Waals surface area contributed by atoms with Gasteiger partial charge in [0.1, 0.15) is 12.6 Å². The van der Waals surface area contributed by atoms with Crippen LogP contribution in [-0.4, -0.2) is 43.8 Å². The number of carbonyl (C=O) groups is 2. The number of carbonyl (C=O) groups excluding carboxylic acids is 2. The molecule has 38 heavy (non-hydrogen) atoms.